The molecule has 2 aromatic carbocycles. The Morgan fingerprint density at radius 1 is 1.12 bits per heavy atom. The number of esters is 1. The lowest BCUT2D eigenvalue weighted by atomic mass is 10.0. The summed E-state index contributed by atoms with van der Waals surface area (Å²) in [5.41, 5.74) is 4.21. The fourth-order valence-corrected chi connectivity index (χ4v) is 3.27. The molecule has 1 aromatic heterocycles. The average Bonchev–Trinajstić information content (AvgIpc) is 2.63. The minimum Gasteiger partial charge on any atom is -0.465 e. The number of hydrogen-bond acceptors (Lipinski definition) is 4. The van der Waals surface area contributed by atoms with E-state index in [4.69, 9.17) is 21.3 Å². The second kappa shape index (κ2) is 7.85. The van der Waals surface area contributed by atoms with Gasteiger partial charge in [-0.1, -0.05) is 41.9 Å². The summed E-state index contributed by atoms with van der Waals surface area (Å²) >= 11 is 5.95. The van der Waals surface area contributed by atoms with Crippen LogP contribution in [0.25, 0.3) is 10.9 Å². The van der Waals surface area contributed by atoms with Gasteiger partial charge >= 0.3 is 5.97 Å². The number of methoxy groups -OCH3 is 1. The summed E-state index contributed by atoms with van der Waals surface area (Å²) in [5.74, 6) is -0.351. The van der Waals surface area contributed by atoms with Crippen LogP contribution in [0.2, 0.25) is 5.02 Å². The maximum absolute atomic E-state index is 12.4. The van der Waals surface area contributed by atoms with Crippen molar-refractivity contribution in [2.75, 3.05) is 14.2 Å². The summed E-state index contributed by atoms with van der Waals surface area (Å²) in [4.78, 5) is 19.2. The Hall–Kier alpha value is -2.43. The van der Waals surface area contributed by atoms with Crippen LogP contribution in [0, 0.1) is 6.92 Å². The van der Waals surface area contributed by atoms with Crippen molar-refractivity contribution in [3.63, 3.8) is 0 Å². The van der Waals surface area contributed by atoms with Gasteiger partial charge in [-0.15, -0.1) is 0 Å². The molecule has 0 saturated heterocycles. The minimum atomic E-state index is -0.351. The molecule has 0 fully saturated rings. The van der Waals surface area contributed by atoms with E-state index >= 15 is 0 Å². The van der Waals surface area contributed by atoms with Crippen molar-refractivity contribution in [2.45, 2.75) is 20.0 Å². The summed E-state index contributed by atoms with van der Waals surface area (Å²) in [7, 11) is 3.40. The van der Waals surface area contributed by atoms with E-state index in [0.29, 0.717) is 12.1 Å². The normalized spacial score (nSPS) is 11.1. The molecule has 0 saturated carbocycles. The fraction of sp³-hybridized carbons (Fsp3) is 0.238. The van der Waals surface area contributed by atoms with E-state index in [0.717, 1.165) is 39.3 Å². The third-order valence-corrected chi connectivity index (χ3v) is 4.65. The van der Waals surface area contributed by atoms with Gasteiger partial charge in [0.2, 0.25) is 0 Å². The van der Waals surface area contributed by atoms with E-state index in [1.807, 2.05) is 62.5 Å². The average molecular weight is 369 g/mol. The van der Waals surface area contributed by atoms with Gasteiger partial charge in [-0.3, -0.25) is 9.88 Å². The number of nitrogens with zero attached hydrogens (tertiary/aromatic N) is 2. The SMILES string of the molecule is COC(=O)c1c(CN(C)Cc2ccc(Cl)cc2)nc2ccccc2c1C. The Labute approximate surface area is 158 Å². The minimum absolute atomic E-state index is 0.351. The van der Waals surface area contributed by atoms with Gasteiger partial charge in [-0.05, 0) is 43.3 Å². The highest BCUT2D eigenvalue weighted by Gasteiger charge is 2.20. The number of carbonyl (C=O) groups excluding carboxylic acids is 1. The molecule has 0 aliphatic carbocycles. The first kappa shape index (κ1) is 18.4. The predicted octanol–water partition coefficient (Wildman–Crippen LogP) is 4.62. The summed E-state index contributed by atoms with van der Waals surface area (Å²) in [6.45, 7) is 3.21. The summed E-state index contributed by atoms with van der Waals surface area (Å²) in [6.07, 6.45) is 0. The first-order valence-electron chi connectivity index (χ1n) is 8.39. The molecule has 3 aromatic rings. The lowest BCUT2D eigenvalue weighted by Crippen LogP contribution is -2.21. The van der Waals surface area contributed by atoms with Crippen LogP contribution in [0.15, 0.2) is 48.5 Å². The summed E-state index contributed by atoms with van der Waals surface area (Å²) in [6, 6.07) is 15.6. The maximum atomic E-state index is 12.4. The zero-order valence-electron chi connectivity index (χ0n) is 15.1. The van der Waals surface area contributed by atoms with Gasteiger partial charge in [0.15, 0.2) is 0 Å². The number of rotatable bonds is 5. The molecule has 4 nitrogen and oxygen atoms in total. The van der Waals surface area contributed by atoms with Gasteiger partial charge in [0.1, 0.15) is 0 Å². The first-order chi connectivity index (χ1) is 12.5. The van der Waals surface area contributed by atoms with Crippen LogP contribution in [-0.2, 0) is 17.8 Å². The van der Waals surface area contributed by atoms with Crippen LogP contribution >= 0.6 is 11.6 Å². The molecule has 0 radical (unpaired) electrons. The van der Waals surface area contributed by atoms with E-state index < -0.39 is 0 Å². The maximum Gasteiger partial charge on any atom is 0.340 e. The van der Waals surface area contributed by atoms with Crippen LogP contribution in [0.5, 0.6) is 0 Å². The number of aryl methyl sites for hydroxylation is 1. The van der Waals surface area contributed by atoms with Gasteiger partial charge in [-0.25, -0.2) is 4.79 Å². The fourth-order valence-electron chi connectivity index (χ4n) is 3.14. The molecule has 0 aliphatic rings. The standard InChI is InChI=1S/C21H21ClN2O2/c1-14-17-6-4-5-7-18(17)23-19(20(14)21(25)26-3)13-24(2)12-15-8-10-16(22)11-9-15/h4-11H,12-13H2,1-3H3. The largest absolute Gasteiger partial charge is 0.465 e. The topological polar surface area (TPSA) is 42.4 Å². The molecule has 26 heavy (non-hydrogen) atoms. The monoisotopic (exact) mass is 368 g/mol. The Kier molecular flexibility index (Phi) is 5.55. The Bertz CT molecular complexity index is 939. The number of carbonyl (C=O) groups is 1. The van der Waals surface area contributed by atoms with Crippen molar-refractivity contribution in [1.82, 2.24) is 9.88 Å². The van der Waals surface area contributed by atoms with E-state index in [9.17, 15) is 4.79 Å². The third kappa shape index (κ3) is 3.87. The molecule has 3 rings (SSSR count). The molecular formula is C21H21ClN2O2. The smallest absolute Gasteiger partial charge is 0.340 e. The molecular weight excluding hydrogens is 348 g/mol. The number of ether oxygens (including phenoxy) is 1. The van der Waals surface area contributed by atoms with E-state index in [1.165, 1.54) is 7.11 Å². The van der Waals surface area contributed by atoms with Crippen LogP contribution in [-0.4, -0.2) is 30.0 Å². The Morgan fingerprint density at radius 3 is 2.50 bits per heavy atom. The molecule has 1 heterocycles. The van der Waals surface area contributed by atoms with Crippen molar-refractivity contribution in [1.29, 1.82) is 0 Å². The van der Waals surface area contributed by atoms with Crippen LogP contribution in [0.3, 0.4) is 0 Å². The summed E-state index contributed by atoms with van der Waals surface area (Å²) < 4.78 is 5.01. The molecule has 0 amide bonds. The lowest BCUT2D eigenvalue weighted by molar-refractivity contribution is 0.0597. The van der Waals surface area contributed by atoms with Gasteiger partial charge < -0.3 is 4.74 Å². The van der Waals surface area contributed by atoms with Gasteiger partial charge in [-0.2, -0.15) is 0 Å². The number of benzene rings is 2. The molecule has 0 spiro atoms. The van der Waals surface area contributed by atoms with E-state index in [-0.39, 0.29) is 5.97 Å². The molecule has 0 aliphatic heterocycles. The molecule has 134 valence electrons. The second-order valence-corrected chi connectivity index (χ2v) is 6.80. The highest BCUT2D eigenvalue weighted by Crippen LogP contribution is 2.24. The molecule has 0 atom stereocenters. The van der Waals surface area contributed by atoms with Crippen LogP contribution < -0.4 is 0 Å². The van der Waals surface area contributed by atoms with Crippen LogP contribution in [0.1, 0.15) is 27.2 Å². The Balaban J connectivity index is 1.94. The van der Waals surface area contributed by atoms with Gasteiger partial charge in [0.25, 0.3) is 0 Å². The van der Waals surface area contributed by atoms with Crippen molar-refractivity contribution >= 4 is 28.5 Å². The quantitative estimate of drug-likeness (QED) is 0.616. The molecule has 0 bridgehead atoms. The second-order valence-electron chi connectivity index (χ2n) is 6.37. The summed E-state index contributed by atoms with van der Waals surface area (Å²) in [5, 5.41) is 1.69. The number of hydrogen-bond donors (Lipinski definition) is 0. The number of halogens is 1. The van der Waals surface area contributed by atoms with Crippen molar-refractivity contribution in [3.05, 3.63) is 75.9 Å². The number of pyridine rings is 1. The Morgan fingerprint density at radius 2 is 1.81 bits per heavy atom. The zero-order chi connectivity index (χ0) is 18.7. The van der Waals surface area contributed by atoms with Crippen molar-refractivity contribution in [2.24, 2.45) is 0 Å². The first-order valence-corrected chi connectivity index (χ1v) is 8.77. The van der Waals surface area contributed by atoms with Crippen molar-refractivity contribution < 1.29 is 9.53 Å². The number of aromatic nitrogens is 1. The van der Waals surface area contributed by atoms with E-state index in [2.05, 4.69) is 4.90 Å². The third-order valence-electron chi connectivity index (χ3n) is 4.40. The molecule has 0 N–H and O–H groups in total. The van der Waals surface area contributed by atoms with Gasteiger partial charge in [0.05, 0.1) is 23.9 Å². The number of para-hydroxylation sites is 1. The number of fused-ring (bicyclic) bond motifs is 1. The highest BCUT2D eigenvalue weighted by molar-refractivity contribution is 6.30. The van der Waals surface area contributed by atoms with E-state index in [1.54, 1.807) is 0 Å². The molecule has 5 heteroatoms. The van der Waals surface area contributed by atoms with Crippen molar-refractivity contribution in [3.8, 4) is 0 Å². The van der Waals surface area contributed by atoms with Crippen LogP contribution in [0.4, 0.5) is 0 Å². The predicted molar refractivity (Wildman–Crippen MR) is 104 cm³/mol. The van der Waals surface area contributed by atoms with Gasteiger partial charge in [0, 0.05) is 23.5 Å². The molecule has 0 unspecified atom stereocenters. The lowest BCUT2D eigenvalue weighted by Gasteiger charge is -2.19. The highest BCUT2D eigenvalue weighted by atomic mass is 35.5. The zero-order valence-corrected chi connectivity index (χ0v) is 15.9.